The Hall–Kier alpha value is -0.570. The highest BCUT2D eigenvalue weighted by Gasteiger charge is 2.19. The first kappa shape index (κ1) is 14.5. The van der Waals surface area contributed by atoms with Gasteiger partial charge in [-0.05, 0) is 38.0 Å². The summed E-state index contributed by atoms with van der Waals surface area (Å²) in [4.78, 5) is 0. The molecular weight excluding hydrogens is 234 g/mol. The van der Waals surface area contributed by atoms with Crippen molar-refractivity contribution in [3.05, 3.63) is 34.9 Å². The van der Waals surface area contributed by atoms with E-state index in [2.05, 4.69) is 19.2 Å². The first-order valence-electron chi connectivity index (χ1n) is 6.16. The first-order valence-corrected chi connectivity index (χ1v) is 6.53. The second-order valence-electron chi connectivity index (χ2n) is 4.90. The fourth-order valence-electron chi connectivity index (χ4n) is 1.87. The molecule has 0 saturated carbocycles. The summed E-state index contributed by atoms with van der Waals surface area (Å²) in [5.41, 5.74) is 0.553. The molecule has 1 aromatic carbocycles. The molecule has 0 amide bonds. The molecule has 0 spiro atoms. The van der Waals surface area contributed by atoms with E-state index in [1.807, 2.05) is 31.2 Å². The van der Waals surface area contributed by atoms with Crippen LogP contribution >= 0.6 is 11.6 Å². The fraction of sp³-hybridized carbons (Fsp3) is 0.571. The van der Waals surface area contributed by atoms with Gasteiger partial charge in [0.25, 0.3) is 0 Å². The van der Waals surface area contributed by atoms with E-state index >= 15 is 0 Å². The lowest BCUT2D eigenvalue weighted by Crippen LogP contribution is -2.38. The van der Waals surface area contributed by atoms with Crippen molar-refractivity contribution in [2.75, 3.05) is 6.54 Å². The lowest BCUT2D eigenvalue weighted by molar-refractivity contribution is 0.0477. The van der Waals surface area contributed by atoms with Crippen LogP contribution in [0.5, 0.6) is 0 Å². The molecule has 2 atom stereocenters. The molecule has 1 rings (SSSR count). The van der Waals surface area contributed by atoms with Crippen molar-refractivity contribution in [2.45, 2.75) is 45.3 Å². The van der Waals surface area contributed by atoms with E-state index in [-0.39, 0.29) is 6.04 Å². The largest absolute Gasteiger partial charge is 0.389 e. The predicted octanol–water partition coefficient (Wildman–Crippen LogP) is 3.54. The van der Waals surface area contributed by atoms with Gasteiger partial charge in [-0.1, -0.05) is 37.1 Å². The molecule has 17 heavy (non-hydrogen) atoms. The van der Waals surface area contributed by atoms with Gasteiger partial charge in [0, 0.05) is 17.6 Å². The summed E-state index contributed by atoms with van der Waals surface area (Å²) in [5.74, 6) is 0. The maximum Gasteiger partial charge on any atom is 0.0743 e. The van der Waals surface area contributed by atoms with Gasteiger partial charge in [0.15, 0.2) is 0 Å². The third kappa shape index (κ3) is 5.07. The minimum atomic E-state index is -0.630. The molecular formula is C14H22ClNO. The quantitative estimate of drug-likeness (QED) is 0.815. The van der Waals surface area contributed by atoms with Crippen LogP contribution < -0.4 is 5.32 Å². The van der Waals surface area contributed by atoms with Crippen molar-refractivity contribution in [2.24, 2.45) is 0 Å². The maximum absolute atomic E-state index is 10.1. The molecule has 96 valence electrons. The van der Waals surface area contributed by atoms with Crippen molar-refractivity contribution < 1.29 is 5.11 Å². The number of hydrogen-bond donors (Lipinski definition) is 2. The zero-order chi connectivity index (χ0) is 12.9. The molecule has 2 N–H and O–H groups in total. The van der Waals surface area contributed by atoms with Crippen LogP contribution in [0.3, 0.4) is 0 Å². The Morgan fingerprint density at radius 1 is 1.35 bits per heavy atom. The highest BCUT2D eigenvalue weighted by atomic mass is 35.5. The molecule has 2 unspecified atom stereocenters. The van der Waals surface area contributed by atoms with Gasteiger partial charge in [0.2, 0.25) is 0 Å². The van der Waals surface area contributed by atoms with Gasteiger partial charge in [0.05, 0.1) is 5.60 Å². The van der Waals surface area contributed by atoms with Crippen molar-refractivity contribution in [1.29, 1.82) is 0 Å². The third-order valence-corrected chi connectivity index (χ3v) is 3.20. The minimum absolute atomic E-state index is 0.218. The number of benzene rings is 1. The molecule has 0 aliphatic carbocycles. The molecule has 0 aliphatic rings. The van der Waals surface area contributed by atoms with Crippen LogP contribution in [-0.4, -0.2) is 17.3 Å². The summed E-state index contributed by atoms with van der Waals surface area (Å²) >= 11 is 5.85. The highest BCUT2D eigenvalue weighted by molar-refractivity contribution is 6.30. The second kappa shape index (κ2) is 6.39. The SMILES string of the molecule is CCCC(C)(O)CNC(C)c1ccc(Cl)cc1. The Morgan fingerprint density at radius 3 is 2.47 bits per heavy atom. The van der Waals surface area contributed by atoms with Gasteiger partial charge in [-0.15, -0.1) is 0 Å². The first-order chi connectivity index (χ1) is 7.94. The van der Waals surface area contributed by atoms with Crippen LogP contribution in [0.25, 0.3) is 0 Å². The fourth-order valence-corrected chi connectivity index (χ4v) is 2.00. The topological polar surface area (TPSA) is 32.3 Å². The van der Waals surface area contributed by atoms with E-state index in [0.29, 0.717) is 6.54 Å². The summed E-state index contributed by atoms with van der Waals surface area (Å²) in [7, 11) is 0. The van der Waals surface area contributed by atoms with Crippen molar-refractivity contribution in [3.63, 3.8) is 0 Å². The van der Waals surface area contributed by atoms with Crippen LogP contribution in [0.1, 0.15) is 45.2 Å². The monoisotopic (exact) mass is 255 g/mol. The molecule has 0 bridgehead atoms. The molecule has 0 aromatic heterocycles. The van der Waals surface area contributed by atoms with E-state index in [1.54, 1.807) is 0 Å². The van der Waals surface area contributed by atoms with Gasteiger partial charge in [0.1, 0.15) is 0 Å². The van der Waals surface area contributed by atoms with Gasteiger partial charge in [-0.3, -0.25) is 0 Å². The third-order valence-electron chi connectivity index (χ3n) is 2.95. The Morgan fingerprint density at radius 2 is 1.94 bits per heavy atom. The molecule has 0 radical (unpaired) electrons. The van der Waals surface area contributed by atoms with E-state index < -0.39 is 5.60 Å². The summed E-state index contributed by atoms with van der Waals surface area (Å²) < 4.78 is 0. The zero-order valence-electron chi connectivity index (χ0n) is 10.8. The lowest BCUT2D eigenvalue weighted by Gasteiger charge is -2.25. The van der Waals surface area contributed by atoms with Crippen LogP contribution in [0.2, 0.25) is 5.02 Å². The van der Waals surface area contributed by atoms with Gasteiger partial charge in [-0.2, -0.15) is 0 Å². The van der Waals surface area contributed by atoms with Crippen molar-refractivity contribution in [3.8, 4) is 0 Å². The molecule has 0 saturated heterocycles. The van der Waals surface area contributed by atoms with Gasteiger partial charge in [-0.25, -0.2) is 0 Å². The maximum atomic E-state index is 10.1. The Kier molecular flexibility index (Phi) is 5.44. The molecule has 0 fully saturated rings. The summed E-state index contributed by atoms with van der Waals surface area (Å²) in [6.07, 6.45) is 1.80. The van der Waals surface area contributed by atoms with Crippen molar-refractivity contribution >= 4 is 11.6 Å². The Bertz CT molecular complexity index is 335. The van der Waals surface area contributed by atoms with Crippen LogP contribution in [-0.2, 0) is 0 Å². The predicted molar refractivity (Wildman–Crippen MR) is 73.4 cm³/mol. The number of hydrogen-bond acceptors (Lipinski definition) is 2. The molecule has 0 aliphatic heterocycles. The van der Waals surface area contributed by atoms with Crippen molar-refractivity contribution in [1.82, 2.24) is 5.32 Å². The smallest absolute Gasteiger partial charge is 0.0743 e. The number of halogens is 1. The number of aliphatic hydroxyl groups is 1. The number of rotatable bonds is 6. The summed E-state index contributed by atoms with van der Waals surface area (Å²) in [6, 6.07) is 8.01. The molecule has 2 nitrogen and oxygen atoms in total. The minimum Gasteiger partial charge on any atom is -0.389 e. The van der Waals surface area contributed by atoms with E-state index in [9.17, 15) is 5.11 Å². The Balaban J connectivity index is 2.49. The van der Waals surface area contributed by atoms with E-state index in [0.717, 1.165) is 17.9 Å². The molecule has 1 aromatic rings. The van der Waals surface area contributed by atoms with Crippen LogP contribution in [0.4, 0.5) is 0 Å². The van der Waals surface area contributed by atoms with Crippen LogP contribution in [0.15, 0.2) is 24.3 Å². The van der Waals surface area contributed by atoms with Crippen LogP contribution in [0, 0.1) is 0 Å². The standard InChI is InChI=1S/C14H22ClNO/c1-4-9-14(3,17)10-16-11(2)12-5-7-13(15)8-6-12/h5-8,11,16-17H,4,9-10H2,1-3H3. The Labute approximate surface area is 109 Å². The second-order valence-corrected chi connectivity index (χ2v) is 5.34. The molecule has 0 heterocycles. The van der Waals surface area contributed by atoms with E-state index in [4.69, 9.17) is 11.6 Å². The highest BCUT2D eigenvalue weighted by Crippen LogP contribution is 2.17. The summed E-state index contributed by atoms with van der Waals surface area (Å²) in [5, 5.41) is 14.2. The lowest BCUT2D eigenvalue weighted by atomic mass is 9.99. The van der Waals surface area contributed by atoms with Gasteiger partial charge < -0.3 is 10.4 Å². The average Bonchev–Trinajstić information content (AvgIpc) is 2.27. The zero-order valence-corrected chi connectivity index (χ0v) is 11.6. The summed E-state index contributed by atoms with van der Waals surface area (Å²) in [6.45, 7) is 6.64. The molecule has 3 heteroatoms. The number of nitrogens with one attached hydrogen (secondary N) is 1. The van der Waals surface area contributed by atoms with E-state index in [1.165, 1.54) is 5.56 Å². The van der Waals surface area contributed by atoms with Gasteiger partial charge >= 0.3 is 0 Å². The average molecular weight is 256 g/mol. The normalized spacial score (nSPS) is 16.5.